The van der Waals surface area contributed by atoms with Gasteiger partial charge in [-0.3, -0.25) is 4.68 Å². The molecule has 0 amide bonds. The van der Waals surface area contributed by atoms with Crippen molar-refractivity contribution in [3.8, 4) is 0 Å². The highest BCUT2D eigenvalue weighted by atomic mass is 32.2. The van der Waals surface area contributed by atoms with E-state index in [9.17, 15) is 5.11 Å². The first-order chi connectivity index (χ1) is 8.76. The molecule has 2 rings (SSSR count). The van der Waals surface area contributed by atoms with E-state index in [4.69, 9.17) is 0 Å². The van der Waals surface area contributed by atoms with Gasteiger partial charge in [-0.15, -0.1) is 0 Å². The van der Waals surface area contributed by atoms with E-state index < -0.39 is 0 Å². The zero-order chi connectivity index (χ0) is 13.0. The molecule has 1 aromatic heterocycles. The smallest absolute Gasteiger partial charge is 0.0949 e. The van der Waals surface area contributed by atoms with Crippen molar-refractivity contribution in [2.24, 2.45) is 0 Å². The first kappa shape index (κ1) is 14.3. The first-order valence-corrected chi connectivity index (χ1v) is 8.79. The summed E-state index contributed by atoms with van der Waals surface area (Å²) in [6.07, 6.45) is 5.65. The van der Waals surface area contributed by atoms with E-state index in [0.717, 1.165) is 30.7 Å². The van der Waals surface area contributed by atoms with E-state index in [1.165, 1.54) is 5.75 Å². The molecule has 1 aromatic rings. The van der Waals surface area contributed by atoms with Crippen LogP contribution in [0.2, 0.25) is 0 Å². The van der Waals surface area contributed by atoms with Crippen LogP contribution in [0.1, 0.15) is 38.4 Å². The average molecular weight is 286 g/mol. The van der Waals surface area contributed by atoms with Crippen molar-refractivity contribution in [3.63, 3.8) is 0 Å². The molecule has 1 N–H and O–H groups in total. The lowest BCUT2D eigenvalue weighted by Crippen LogP contribution is -2.30. The second-order valence-electron chi connectivity index (χ2n) is 4.63. The topological polar surface area (TPSA) is 38.0 Å². The number of hydrogen-bond acceptors (Lipinski definition) is 4. The number of aromatic nitrogens is 2. The van der Waals surface area contributed by atoms with Crippen LogP contribution in [0.15, 0.2) is 12.4 Å². The number of rotatable bonds is 5. The van der Waals surface area contributed by atoms with Gasteiger partial charge in [0.2, 0.25) is 0 Å². The SMILES string of the molecule is CCCn1cc(C(O)C2SCCSC2CC)cn1. The maximum Gasteiger partial charge on any atom is 0.0949 e. The van der Waals surface area contributed by atoms with Gasteiger partial charge in [0.05, 0.1) is 12.3 Å². The van der Waals surface area contributed by atoms with Gasteiger partial charge in [-0.25, -0.2) is 0 Å². The monoisotopic (exact) mass is 286 g/mol. The Bertz CT molecular complexity index is 370. The van der Waals surface area contributed by atoms with Crippen molar-refractivity contribution in [1.29, 1.82) is 0 Å². The van der Waals surface area contributed by atoms with E-state index >= 15 is 0 Å². The Labute approximate surface area is 118 Å². The number of aliphatic hydroxyl groups excluding tert-OH is 1. The van der Waals surface area contributed by atoms with Gasteiger partial charge in [-0.05, 0) is 12.8 Å². The molecule has 1 aliphatic heterocycles. The minimum absolute atomic E-state index is 0.313. The lowest BCUT2D eigenvalue weighted by Gasteiger charge is -2.32. The van der Waals surface area contributed by atoms with Crippen LogP contribution < -0.4 is 0 Å². The summed E-state index contributed by atoms with van der Waals surface area (Å²) in [6.45, 7) is 5.28. The zero-order valence-electron chi connectivity index (χ0n) is 11.1. The Morgan fingerprint density at radius 2 is 2.22 bits per heavy atom. The molecular formula is C13H22N2OS2. The molecule has 1 fully saturated rings. The predicted octanol–water partition coefficient (Wildman–Crippen LogP) is 2.95. The summed E-state index contributed by atoms with van der Waals surface area (Å²) in [6, 6.07) is 0. The molecule has 0 saturated carbocycles. The number of hydrogen-bond donors (Lipinski definition) is 1. The molecule has 0 bridgehead atoms. The summed E-state index contributed by atoms with van der Waals surface area (Å²) >= 11 is 3.92. The summed E-state index contributed by atoms with van der Waals surface area (Å²) < 4.78 is 1.93. The lowest BCUT2D eigenvalue weighted by molar-refractivity contribution is 0.172. The molecule has 5 heteroatoms. The average Bonchev–Trinajstić information content (AvgIpc) is 2.87. The van der Waals surface area contributed by atoms with Crippen molar-refractivity contribution < 1.29 is 5.11 Å². The number of aryl methyl sites for hydroxylation is 1. The van der Waals surface area contributed by atoms with Crippen LogP contribution >= 0.6 is 23.5 Å². The molecule has 102 valence electrons. The van der Waals surface area contributed by atoms with Crippen LogP contribution in [0.4, 0.5) is 0 Å². The summed E-state index contributed by atoms with van der Waals surface area (Å²) in [5.74, 6) is 2.35. The van der Waals surface area contributed by atoms with Gasteiger partial charge < -0.3 is 5.11 Å². The van der Waals surface area contributed by atoms with Gasteiger partial charge in [-0.2, -0.15) is 28.6 Å². The molecule has 0 spiro atoms. The third-order valence-corrected chi connectivity index (χ3v) is 6.59. The quantitative estimate of drug-likeness (QED) is 0.903. The summed E-state index contributed by atoms with van der Waals surface area (Å²) in [5.41, 5.74) is 0.974. The van der Waals surface area contributed by atoms with Crippen LogP contribution in [0.3, 0.4) is 0 Å². The first-order valence-electron chi connectivity index (χ1n) is 6.69. The van der Waals surface area contributed by atoms with Gasteiger partial charge in [0.1, 0.15) is 0 Å². The summed E-state index contributed by atoms with van der Waals surface area (Å²) in [4.78, 5) is 0. The van der Waals surface area contributed by atoms with E-state index in [-0.39, 0.29) is 6.10 Å². The maximum atomic E-state index is 10.5. The molecule has 2 heterocycles. The zero-order valence-corrected chi connectivity index (χ0v) is 12.7. The molecule has 3 unspecified atom stereocenters. The molecule has 1 aliphatic rings. The Kier molecular flexibility index (Phi) is 5.45. The van der Waals surface area contributed by atoms with Crippen molar-refractivity contribution in [1.82, 2.24) is 9.78 Å². The largest absolute Gasteiger partial charge is 0.387 e. The Morgan fingerprint density at radius 3 is 2.94 bits per heavy atom. The van der Waals surface area contributed by atoms with Gasteiger partial charge in [-0.1, -0.05) is 13.8 Å². The van der Waals surface area contributed by atoms with E-state index in [2.05, 4.69) is 18.9 Å². The third kappa shape index (κ3) is 3.25. The molecule has 1 saturated heterocycles. The Hall–Kier alpha value is -0.130. The van der Waals surface area contributed by atoms with E-state index in [1.54, 1.807) is 0 Å². The fraction of sp³-hybridized carbons (Fsp3) is 0.769. The molecule has 3 atom stereocenters. The number of nitrogens with zero attached hydrogens (tertiary/aromatic N) is 2. The summed E-state index contributed by atoms with van der Waals surface area (Å²) in [5, 5.41) is 15.7. The van der Waals surface area contributed by atoms with Crippen molar-refractivity contribution in [2.45, 2.75) is 49.8 Å². The third-order valence-electron chi connectivity index (χ3n) is 3.25. The van der Waals surface area contributed by atoms with Crippen LogP contribution in [0.5, 0.6) is 0 Å². The van der Waals surface area contributed by atoms with Crippen LogP contribution in [0, 0.1) is 0 Å². The minimum Gasteiger partial charge on any atom is -0.387 e. The molecule has 0 aliphatic carbocycles. The molecule has 3 nitrogen and oxygen atoms in total. The van der Waals surface area contributed by atoms with Crippen LogP contribution in [0.25, 0.3) is 0 Å². The van der Waals surface area contributed by atoms with Gasteiger partial charge in [0.25, 0.3) is 0 Å². The van der Waals surface area contributed by atoms with E-state index in [1.807, 2.05) is 40.6 Å². The fourth-order valence-electron chi connectivity index (χ4n) is 2.30. The lowest BCUT2D eigenvalue weighted by atomic mass is 10.1. The fourth-order valence-corrected chi connectivity index (χ4v) is 5.44. The van der Waals surface area contributed by atoms with Gasteiger partial charge in [0.15, 0.2) is 0 Å². The predicted molar refractivity (Wildman–Crippen MR) is 80.3 cm³/mol. The Balaban J connectivity index is 2.05. The Morgan fingerprint density at radius 1 is 1.44 bits per heavy atom. The van der Waals surface area contributed by atoms with Crippen molar-refractivity contribution in [2.75, 3.05) is 11.5 Å². The number of thioether (sulfide) groups is 2. The van der Waals surface area contributed by atoms with Crippen molar-refractivity contribution >= 4 is 23.5 Å². The summed E-state index contributed by atoms with van der Waals surface area (Å²) in [7, 11) is 0. The number of aliphatic hydroxyl groups is 1. The highest BCUT2D eigenvalue weighted by molar-refractivity contribution is 8.07. The molecule has 18 heavy (non-hydrogen) atoms. The van der Waals surface area contributed by atoms with Crippen LogP contribution in [-0.2, 0) is 6.54 Å². The van der Waals surface area contributed by atoms with Crippen LogP contribution in [-0.4, -0.2) is 36.9 Å². The highest BCUT2D eigenvalue weighted by Gasteiger charge is 2.32. The van der Waals surface area contributed by atoms with Gasteiger partial charge in [0, 0.05) is 40.3 Å². The van der Waals surface area contributed by atoms with Crippen molar-refractivity contribution in [3.05, 3.63) is 18.0 Å². The normalized spacial score (nSPS) is 26.2. The standard InChI is InChI=1S/C13H22N2OS2/c1-3-5-15-9-10(8-14-15)12(16)13-11(4-2)17-6-7-18-13/h8-9,11-13,16H,3-7H2,1-2H3. The second kappa shape index (κ2) is 6.87. The molecular weight excluding hydrogens is 264 g/mol. The highest BCUT2D eigenvalue weighted by Crippen LogP contribution is 2.40. The van der Waals surface area contributed by atoms with E-state index in [0.29, 0.717) is 10.5 Å². The maximum absolute atomic E-state index is 10.5. The molecule has 0 radical (unpaired) electrons. The second-order valence-corrected chi connectivity index (χ2v) is 7.27. The molecule has 0 aromatic carbocycles. The minimum atomic E-state index is -0.377. The van der Waals surface area contributed by atoms with Gasteiger partial charge >= 0.3 is 0 Å².